The largest absolute Gasteiger partial charge is 0.405 e. The van der Waals surface area contributed by atoms with Crippen LogP contribution in [0.3, 0.4) is 0 Å². The molecule has 0 radical (unpaired) electrons. The first kappa shape index (κ1) is 22.5. The van der Waals surface area contributed by atoms with Crippen molar-refractivity contribution in [2.45, 2.75) is 12.7 Å². The van der Waals surface area contributed by atoms with Gasteiger partial charge in [0.15, 0.2) is 11.6 Å². The maximum Gasteiger partial charge on any atom is 0.405 e. The molecule has 6 rings (SSSR count). The van der Waals surface area contributed by atoms with Gasteiger partial charge in [-0.2, -0.15) is 23.3 Å². The van der Waals surface area contributed by atoms with Gasteiger partial charge in [0.25, 0.3) is 0 Å². The summed E-state index contributed by atoms with van der Waals surface area (Å²) in [6, 6.07) is 10.0. The van der Waals surface area contributed by atoms with Crippen LogP contribution in [0.5, 0.6) is 0 Å². The van der Waals surface area contributed by atoms with Crippen molar-refractivity contribution >= 4 is 34.8 Å². The summed E-state index contributed by atoms with van der Waals surface area (Å²) in [5.74, 6) is 0.505. The van der Waals surface area contributed by atoms with E-state index in [0.717, 1.165) is 11.2 Å². The minimum Gasteiger partial charge on any atom is -0.345 e. The fourth-order valence-electron chi connectivity index (χ4n) is 4.03. The lowest BCUT2D eigenvalue weighted by molar-refractivity contribution is -0.115. The minimum atomic E-state index is -4.45. The first-order valence-electron chi connectivity index (χ1n) is 11.0. The molecule has 4 aromatic heterocycles. The van der Waals surface area contributed by atoms with Crippen molar-refractivity contribution in [3.05, 3.63) is 73.1 Å². The van der Waals surface area contributed by atoms with E-state index in [1.807, 2.05) is 0 Å². The highest BCUT2D eigenvalue weighted by Gasteiger charge is 2.35. The van der Waals surface area contributed by atoms with Gasteiger partial charge in [-0.25, -0.2) is 24.6 Å². The number of H-pyrrole nitrogens is 1. The van der Waals surface area contributed by atoms with Crippen LogP contribution in [-0.4, -0.2) is 53.3 Å². The maximum atomic E-state index is 13.8. The lowest BCUT2D eigenvalue weighted by Crippen LogP contribution is -2.45. The second-order valence-electron chi connectivity index (χ2n) is 8.18. The van der Waals surface area contributed by atoms with Crippen LogP contribution in [0.25, 0.3) is 17.0 Å². The molecule has 37 heavy (non-hydrogen) atoms. The number of amides is 2. The summed E-state index contributed by atoms with van der Waals surface area (Å²) in [5.41, 5.74) is 3.08. The Bertz CT molecular complexity index is 1580. The van der Waals surface area contributed by atoms with Gasteiger partial charge in [-0.1, -0.05) is 0 Å². The number of aromatic amines is 1. The van der Waals surface area contributed by atoms with Crippen molar-refractivity contribution in [2.24, 2.45) is 0 Å². The number of imidazole rings is 1. The number of rotatable bonds is 5. The number of carbonyl (C=O) groups is 1. The quantitative estimate of drug-likeness (QED) is 0.367. The molecule has 0 fully saturated rings. The number of carbonyl (C=O) groups excluding carboxylic acids is 1. The van der Waals surface area contributed by atoms with E-state index in [-0.39, 0.29) is 18.3 Å². The number of hydrogen-bond acceptors (Lipinski definition) is 7. The van der Waals surface area contributed by atoms with Gasteiger partial charge >= 0.3 is 12.2 Å². The number of nitrogens with one attached hydrogen (secondary N) is 2. The van der Waals surface area contributed by atoms with E-state index in [0.29, 0.717) is 22.8 Å². The Balaban J connectivity index is 1.41. The van der Waals surface area contributed by atoms with Gasteiger partial charge in [0.1, 0.15) is 18.5 Å². The Morgan fingerprint density at radius 1 is 1.03 bits per heavy atom. The Morgan fingerprint density at radius 2 is 1.84 bits per heavy atom. The molecule has 0 saturated heterocycles. The van der Waals surface area contributed by atoms with E-state index in [2.05, 4.69) is 35.5 Å². The summed E-state index contributed by atoms with van der Waals surface area (Å²) < 4.78 is 40.1. The molecule has 186 valence electrons. The molecule has 14 heteroatoms. The second kappa shape index (κ2) is 8.58. The van der Waals surface area contributed by atoms with E-state index in [1.54, 1.807) is 59.4 Å². The first-order chi connectivity index (χ1) is 17.9. The van der Waals surface area contributed by atoms with Gasteiger partial charge in [-0.15, -0.1) is 0 Å². The van der Waals surface area contributed by atoms with Crippen molar-refractivity contribution in [2.75, 3.05) is 21.7 Å². The second-order valence-corrected chi connectivity index (χ2v) is 8.18. The van der Waals surface area contributed by atoms with Gasteiger partial charge in [-0.05, 0) is 36.4 Å². The molecule has 2 amide bonds. The van der Waals surface area contributed by atoms with Crippen LogP contribution in [-0.2, 0) is 6.54 Å². The number of nitrogens with zero attached hydrogens (tertiary/aromatic N) is 8. The summed E-state index contributed by atoms with van der Waals surface area (Å²) in [6.45, 7) is -1.18. The number of pyridine rings is 1. The smallest absolute Gasteiger partial charge is 0.345 e. The fraction of sp³-hybridized carbons (Fsp3) is 0.130. The van der Waals surface area contributed by atoms with Crippen LogP contribution >= 0.6 is 0 Å². The molecule has 1 aromatic carbocycles. The molecule has 2 N–H and O–H groups in total. The Hall–Kier alpha value is -5.01. The minimum absolute atomic E-state index is 0.126. The van der Waals surface area contributed by atoms with Gasteiger partial charge in [0.05, 0.1) is 17.9 Å². The molecule has 0 spiro atoms. The zero-order chi connectivity index (χ0) is 25.6. The Kier molecular flexibility index (Phi) is 5.21. The predicted molar refractivity (Wildman–Crippen MR) is 127 cm³/mol. The summed E-state index contributed by atoms with van der Waals surface area (Å²) in [5, 5.41) is 8.79. The zero-order valence-corrected chi connectivity index (χ0v) is 18.9. The molecule has 0 saturated carbocycles. The number of halogens is 3. The number of benzene rings is 1. The Morgan fingerprint density at radius 3 is 2.59 bits per heavy atom. The van der Waals surface area contributed by atoms with Crippen LogP contribution in [0.4, 0.5) is 41.1 Å². The molecule has 11 nitrogen and oxygen atoms in total. The molecule has 1 aliphatic heterocycles. The van der Waals surface area contributed by atoms with Gasteiger partial charge < -0.3 is 9.72 Å². The van der Waals surface area contributed by atoms with Crippen LogP contribution in [0.15, 0.2) is 67.5 Å². The zero-order valence-electron chi connectivity index (χ0n) is 18.9. The third kappa shape index (κ3) is 4.28. The third-order valence-electron chi connectivity index (χ3n) is 5.75. The van der Waals surface area contributed by atoms with Gasteiger partial charge in [0.2, 0.25) is 5.95 Å². The van der Waals surface area contributed by atoms with E-state index in [9.17, 15) is 18.0 Å². The number of urea groups is 1. The molecular weight excluding hydrogens is 489 g/mol. The van der Waals surface area contributed by atoms with Crippen LogP contribution in [0.1, 0.15) is 5.56 Å². The van der Waals surface area contributed by atoms with Crippen molar-refractivity contribution < 1.29 is 18.0 Å². The SMILES string of the molecule is O=C1N(c2ccc3nccn3c2)Cc2cnc(NCC(F)(F)F)nc2N1c1ccc(-c2ncn[nH]2)cc1. The summed E-state index contributed by atoms with van der Waals surface area (Å²) in [7, 11) is 0. The molecule has 1 aliphatic rings. The van der Waals surface area contributed by atoms with E-state index < -0.39 is 18.8 Å². The Labute approximate surface area is 206 Å². The van der Waals surface area contributed by atoms with Crippen molar-refractivity contribution in [3.63, 3.8) is 0 Å². The highest BCUT2D eigenvalue weighted by molar-refractivity contribution is 6.10. The fourth-order valence-corrected chi connectivity index (χ4v) is 4.03. The van der Waals surface area contributed by atoms with Crippen LogP contribution in [0.2, 0.25) is 0 Å². The first-order valence-corrected chi connectivity index (χ1v) is 11.0. The molecule has 5 aromatic rings. The number of anilines is 4. The monoisotopic (exact) mass is 506 g/mol. The van der Waals surface area contributed by atoms with Crippen molar-refractivity contribution in [1.82, 2.24) is 34.5 Å². The predicted octanol–water partition coefficient (Wildman–Crippen LogP) is 4.16. The summed E-state index contributed by atoms with van der Waals surface area (Å²) in [6.07, 6.45) is 3.55. The third-order valence-corrected chi connectivity index (χ3v) is 5.75. The normalized spacial score (nSPS) is 13.8. The highest BCUT2D eigenvalue weighted by atomic mass is 19.4. The number of hydrogen-bond donors (Lipinski definition) is 2. The van der Waals surface area contributed by atoms with Gasteiger partial charge in [0, 0.05) is 35.9 Å². The number of aromatic nitrogens is 7. The van der Waals surface area contributed by atoms with E-state index >= 15 is 0 Å². The lowest BCUT2D eigenvalue weighted by atomic mass is 10.1. The molecule has 0 aliphatic carbocycles. The molecule has 5 heterocycles. The summed E-state index contributed by atoms with van der Waals surface area (Å²) in [4.78, 5) is 33.4. The van der Waals surface area contributed by atoms with Crippen molar-refractivity contribution in [3.8, 4) is 11.4 Å². The van der Waals surface area contributed by atoms with Crippen molar-refractivity contribution in [1.29, 1.82) is 0 Å². The molecular formula is C23H17F3N10O. The lowest BCUT2D eigenvalue weighted by Gasteiger charge is -2.36. The molecule has 0 bridgehead atoms. The van der Waals surface area contributed by atoms with Crippen LogP contribution in [0, 0.1) is 0 Å². The number of fused-ring (bicyclic) bond motifs is 2. The molecule has 0 atom stereocenters. The average Bonchev–Trinajstić information content (AvgIpc) is 3.59. The maximum absolute atomic E-state index is 13.8. The summed E-state index contributed by atoms with van der Waals surface area (Å²) >= 11 is 0. The topological polar surface area (TPSA) is 120 Å². The van der Waals surface area contributed by atoms with Crippen LogP contribution < -0.4 is 15.1 Å². The molecule has 0 unspecified atom stereocenters. The van der Waals surface area contributed by atoms with E-state index in [4.69, 9.17) is 0 Å². The van der Waals surface area contributed by atoms with Gasteiger partial charge in [-0.3, -0.25) is 10.00 Å². The average molecular weight is 506 g/mol. The highest BCUT2D eigenvalue weighted by Crippen LogP contribution is 2.36. The number of alkyl halides is 3. The van der Waals surface area contributed by atoms with E-state index in [1.165, 1.54) is 22.3 Å². The standard InChI is InChI=1S/C23H17F3N10O/c24-23(25,26)12-29-21-28-9-15-10-35(17-5-6-18-27-7-8-34(18)11-17)22(37)36(20(15)32-21)16-3-1-14(2-4-16)19-30-13-31-33-19/h1-9,11,13H,10,12H2,(H,28,29,32)(H,30,31,33).